The van der Waals surface area contributed by atoms with Crippen LogP contribution < -0.4 is 10.0 Å². The van der Waals surface area contributed by atoms with Crippen LogP contribution >= 0.6 is 22.6 Å². The van der Waals surface area contributed by atoms with Gasteiger partial charge in [0.2, 0.25) is 10.0 Å². The minimum absolute atomic E-state index is 0.330. The lowest BCUT2D eigenvalue weighted by atomic mass is 10.4. The lowest BCUT2D eigenvalue weighted by molar-refractivity contribution is 0.600. The maximum Gasteiger partial charge on any atom is 0.233 e. The van der Waals surface area contributed by atoms with Crippen LogP contribution in [-0.2, 0) is 10.0 Å². The Labute approximate surface area is 96.5 Å². The fraction of sp³-hybridized carbons (Fsp3) is 0.286. The number of nitrogens with two attached hydrogens (primary N) is 1. The molecule has 0 aliphatic carbocycles. The number of hydrogen-bond acceptors (Lipinski definition) is 4. The molecule has 0 saturated heterocycles. The SMILES string of the molecule is CN(c1cc(N)cc(I)n1)S(C)(=O)=O. The minimum atomic E-state index is -3.28. The number of anilines is 2. The van der Waals surface area contributed by atoms with Gasteiger partial charge in [-0.15, -0.1) is 0 Å². The maximum atomic E-state index is 11.2. The van der Waals surface area contributed by atoms with E-state index in [2.05, 4.69) is 4.98 Å². The van der Waals surface area contributed by atoms with Gasteiger partial charge in [-0.05, 0) is 28.7 Å². The van der Waals surface area contributed by atoms with E-state index in [9.17, 15) is 8.42 Å². The lowest BCUT2D eigenvalue weighted by Crippen LogP contribution is -2.26. The van der Waals surface area contributed by atoms with Crippen molar-refractivity contribution < 1.29 is 8.42 Å². The van der Waals surface area contributed by atoms with Gasteiger partial charge in [-0.1, -0.05) is 0 Å². The summed E-state index contributed by atoms with van der Waals surface area (Å²) in [6.07, 6.45) is 1.12. The van der Waals surface area contributed by atoms with Gasteiger partial charge in [0.15, 0.2) is 0 Å². The van der Waals surface area contributed by atoms with E-state index in [4.69, 9.17) is 5.73 Å². The first kappa shape index (κ1) is 11.5. The van der Waals surface area contributed by atoms with Crippen LogP contribution in [0.1, 0.15) is 0 Å². The Morgan fingerprint density at radius 3 is 2.50 bits per heavy atom. The highest BCUT2D eigenvalue weighted by Gasteiger charge is 2.13. The Bertz CT molecular complexity index is 426. The van der Waals surface area contributed by atoms with E-state index >= 15 is 0 Å². The van der Waals surface area contributed by atoms with E-state index in [1.165, 1.54) is 13.1 Å². The van der Waals surface area contributed by atoms with E-state index in [-0.39, 0.29) is 0 Å². The molecule has 0 amide bonds. The van der Waals surface area contributed by atoms with Gasteiger partial charge in [-0.3, -0.25) is 4.31 Å². The highest BCUT2D eigenvalue weighted by atomic mass is 127. The summed E-state index contributed by atoms with van der Waals surface area (Å²) in [5, 5.41) is 0. The Morgan fingerprint density at radius 1 is 1.50 bits per heavy atom. The van der Waals surface area contributed by atoms with E-state index in [0.717, 1.165) is 10.6 Å². The third kappa shape index (κ3) is 2.71. The fourth-order valence-corrected chi connectivity index (χ4v) is 1.87. The van der Waals surface area contributed by atoms with Crippen molar-refractivity contribution in [2.24, 2.45) is 0 Å². The average molecular weight is 327 g/mol. The van der Waals surface area contributed by atoms with E-state index in [1.807, 2.05) is 22.6 Å². The number of rotatable bonds is 2. The molecule has 1 rings (SSSR count). The van der Waals surface area contributed by atoms with E-state index in [0.29, 0.717) is 15.2 Å². The van der Waals surface area contributed by atoms with Crippen LogP contribution in [0.4, 0.5) is 11.5 Å². The predicted octanol–water partition coefficient (Wildman–Crippen LogP) is 0.664. The molecule has 0 aliphatic heterocycles. The second-order valence-electron chi connectivity index (χ2n) is 2.81. The van der Waals surface area contributed by atoms with Crippen LogP contribution in [0.15, 0.2) is 12.1 Å². The second kappa shape index (κ2) is 3.89. The van der Waals surface area contributed by atoms with Gasteiger partial charge >= 0.3 is 0 Å². The predicted molar refractivity (Wildman–Crippen MR) is 64.6 cm³/mol. The van der Waals surface area contributed by atoms with Crippen LogP contribution in [0.25, 0.3) is 0 Å². The summed E-state index contributed by atoms with van der Waals surface area (Å²) in [6.45, 7) is 0. The van der Waals surface area contributed by atoms with Gasteiger partial charge < -0.3 is 5.73 Å². The first-order valence-corrected chi connectivity index (χ1v) is 6.60. The molecule has 2 N–H and O–H groups in total. The van der Waals surface area contributed by atoms with Crippen molar-refractivity contribution >= 4 is 44.1 Å². The van der Waals surface area contributed by atoms with Crippen molar-refractivity contribution in [3.8, 4) is 0 Å². The molecule has 1 heterocycles. The Balaban J connectivity index is 3.20. The summed E-state index contributed by atoms with van der Waals surface area (Å²) in [7, 11) is -1.84. The highest BCUT2D eigenvalue weighted by Crippen LogP contribution is 2.18. The average Bonchev–Trinajstić information content (AvgIpc) is 1.99. The molecule has 0 saturated carbocycles. The van der Waals surface area contributed by atoms with Crippen molar-refractivity contribution in [3.63, 3.8) is 0 Å². The molecule has 78 valence electrons. The van der Waals surface area contributed by atoms with Crippen molar-refractivity contribution in [2.45, 2.75) is 0 Å². The van der Waals surface area contributed by atoms with Crippen molar-refractivity contribution in [3.05, 3.63) is 15.8 Å². The Morgan fingerprint density at radius 2 is 2.07 bits per heavy atom. The molecule has 0 spiro atoms. The van der Waals surface area contributed by atoms with E-state index < -0.39 is 10.0 Å². The summed E-state index contributed by atoms with van der Waals surface area (Å²) in [4.78, 5) is 4.05. The standard InChI is InChI=1S/C7H10IN3O2S/c1-11(14(2,12)13)7-4-5(9)3-6(8)10-7/h3-4H,1-2H3,(H2,9,10). The number of nitrogen functional groups attached to an aromatic ring is 1. The number of hydrogen-bond donors (Lipinski definition) is 1. The van der Waals surface area contributed by atoms with Crippen LogP contribution in [0.2, 0.25) is 0 Å². The molecule has 0 unspecified atom stereocenters. The first-order valence-electron chi connectivity index (χ1n) is 3.67. The molecule has 0 fully saturated rings. The lowest BCUT2D eigenvalue weighted by Gasteiger charge is -2.15. The summed E-state index contributed by atoms with van der Waals surface area (Å²) < 4.78 is 24.1. The molecule has 0 aromatic carbocycles. The van der Waals surface area contributed by atoms with Gasteiger partial charge in [0.25, 0.3) is 0 Å². The smallest absolute Gasteiger partial charge is 0.233 e. The molecule has 0 radical (unpaired) electrons. The minimum Gasteiger partial charge on any atom is -0.399 e. The third-order valence-electron chi connectivity index (χ3n) is 1.62. The first-order chi connectivity index (χ1) is 6.30. The van der Waals surface area contributed by atoms with Crippen LogP contribution in [0, 0.1) is 3.70 Å². The topological polar surface area (TPSA) is 76.3 Å². The normalized spacial score (nSPS) is 11.4. The molecule has 1 aromatic rings. The monoisotopic (exact) mass is 327 g/mol. The van der Waals surface area contributed by atoms with Crippen LogP contribution in [0.3, 0.4) is 0 Å². The summed E-state index contributed by atoms with van der Waals surface area (Å²) in [5.74, 6) is 0.330. The Kier molecular flexibility index (Phi) is 3.20. The maximum absolute atomic E-state index is 11.2. The molecule has 0 atom stereocenters. The largest absolute Gasteiger partial charge is 0.399 e. The van der Waals surface area contributed by atoms with Crippen LogP contribution in [0.5, 0.6) is 0 Å². The molecular formula is C7H10IN3O2S. The molecule has 0 aliphatic rings. The molecular weight excluding hydrogens is 317 g/mol. The zero-order valence-corrected chi connectivity index (χ0v) is 10.7. The van der Waals surface area contributed by atoms with Gasteiger partial charge in [-0.2, -0.15) is 0 Å². The number of sulfonamides is 1. The van der Waals surface area contributed by atoms with Gasteiger partial charge in [0, 0.05) is 18.8 Å². The third-order valence-corrected chi connectivity index (χ3v) is 3.36. The van der Waals surface area contributed by atoms with Crippen molar-refractivity contribution in [1.82, 2.24) is 4.98 Å². The molecule has 1 aromatic heterocycles. The highest BCUT2D eigenvalue weighted by molar-refractivity contribution is 14.1. The molecule has 0 bridgehead atoms. The van der Waals surface area contributed by atoms with Crippen molar-refractivity contribution in [2.75, 3.05) is 23.3 Å². The quantitative estimate of drug-likeness (QED) is 0.640. The number of aromatic nitrogens is 1. The number of nitrogens with zero attached hydrogens (tertiary/aromatic N) is 2. The summed E-state index contributed by atoms with van der Waals surface area (Å²) >= 11 is 1.98. The van der Waals surface area contributed by atoms with Crippen molar-refractivity contribution in [1.29, 1.82) is 0 Å². The summed E-state index contributed by atoms with van der Waals surface area (Å²) in [6, 6.07) is 3.18. The zero-order chi connectivity index (χ0) is 10.9. The summed E-state index contributed by atoms with van der Waals surface area (Å²) in [5.41, 5.74) is 6.07. The van der Waals surface area contributed by atoms with Gasteiger partial charge in [-0.25, -0.2) is 13.4 Å². The van der Waals surface area contributed by atoms with Gasteiger partial charge in [0.1, 0.15) is 9.52 Å². The van der Waals surface area contributed by atoms with Gasteiger partial charge in [0.05, 0.1) is 6.26 Å². The number of pyridine rings is 1. The molecule has 5 nitrogen and oxygen atoms in total. The van der Waals surface area contributed by atoms with E-state index in [1.54, 1.807) is 6.07 Å². The second-order valence-corrected chi connectivity index (χ2v) is 5.93. The molecule has 7 heteroatoms. The number of halogens is 1. The van der Waals surface area contributed by atoms with Crippen LogP contribution in [-0.4, -0.2) is 26.7 Å². The Hall–Kier alpha value is -0.570. The fourth-order valence-electron chi connectivity index (χ4n) is 0.833. The zero-order valence-electron chi connectivity index (χ0n) is 7.73. The molecule has 14 heavy (non-hydrogen) atoms.